The number of rotatable bonds is 4. The third-order valence-corrected chi connectivity index (χ3v) is 9.40. The van der Waals surface area contributed by atoms with Crippen LogP contribution in [0, 0.1) is 12.7 Å². The molecule has 2 unspecified atom stereocenters. The molecule has 0 radical (unpaired) electrons. The van der Waals surface area contributed by atoms with Crippen molar-refractivity contribution in [3.8, 4) is 0 Å². The molecule has 2 atom stereocenters. The third-order valence-electron chi connectivity index (χ3n) is 6.61. The van der Waals surface area contributed by atoms with Crippen LogP contribution >= 0.6 is 23.2 Å². The average Bonchev–Trinajstić information content (AvgIpc) is 3.47. The normalized spacial score (nSPS) is 22.2. The van der Waals surface area contributed by atoms with E-state index >= 15 is 0 Å². The van der Waals surface area contributed by atoms with Gasteiger partial charge in [0, 0.05) is 29.1 Å². The summed E-state index contributed by atoms with van der Waals surface area (Å²) in [6.07, 6.45) is -0.755. The standard InChI is InChI=1S/C24H22Cl2F4N2O3S/c1-13-9-14(7-8-17(13)22(33)32-36(2,34)16-5-3-4-6-16)20-12-23(35-31-20,24(28,29)30)15-10-18(25)21(27)19(26)11-15/h7-11,16H,3-6,12H2,1-2H3. The minimum atomic E-state index is -4.94. The van der Waals surface area contributed by atoms with Gasteiger partial charge >= 0.3 is 6.18 Å². The van der Waals surface area contributed by atoms with Gasteiger partial charge in [0.2, 0.25) is 0 Å². The van der Waals surface area contributed by atoms with Crippen LogP contribution in [-0.4, -0.2) is 33.5 Å². The monoisotopic (exact) mass is 564 g/mol. The van der Waals surface area contributed by atoms with Crippen molar-refractivity contribution in [1.29, 1.82) is 0 Å². The first-order chi connectivity index (χ1) is 16.7. The van der Waals surface area contributed by atoms with E-state index < -0.39 is 55.3 Å². The van der Waals surface area contributed by atoms with E-state index in [1.807, 2.05) is 0 Å². The molecule has 0 bridgehead atoms. The number of oxime groups is 1. The van der Waals surface area contributed by atoms with Gasteiger partial charge in [-0.2, -0.15) is 17.5 Å². The summed E-state index contributed by atoms with van der Waals surface area (Å²) in [6.45, 7) is 1.60. The van der Waals surface area contributed by atoms with Crippen LogP contribution < -0.4 is 0 Å². The van der Waals surface area contributed by atoms with E-state index in [0.717, 1.165) is 37.8 Å². The summed E-state index contributed by atoms with van der Waals surface area (Å²) in [4.78, 5) is 17.7. The summed E-state index contributed by atoms with van der Waals surface area (Å²) in [6, 6.07) is 5.98. The van der Waals surface area contributed by atoms with Gasteiger partial charge in [0.25, 0.3) is 11.5 Å². The summed E-state index contributed by atoms with van der Waals surface area (Å²) >= 11 is 11.5. The molecule has 1 heterocycles. The van der Waals surface area contributed by atoms with Crippen LogP contribution in [0.5, 0.6) is 0 Å². The third kappa shape index (κ3) is 4.87. The highest BCUT2D eigenvalue weighted by atomic mass is 35.5. The van der Waals surface area contributed by atoms with Crippen molar-refractivity contribution in [1.82, 2.24) is 0 Å². The van der Waals surface area contributed by atoms with Crippen LogP contribution in [-0.2, 0) is 20.2 Å². The molecule has 194 valence electrons. The van der Waals surface area contributed by atoms with E-state index in [2.05, 4.69) is 9.52 Å². The first-order valence-electron chi connectivity index (χ1n) is 11.1. The van der Waals surface area contributed by atoms with Crippen molar-refractivity contribution in [2.75, 3.05) is 6.26 Å². The molecule has 36 heavy (non-hydrogen) atoms. The first kappa shape index (κ1) is 26.9. The lowest BCUT2D eigenvalue weighted by Crippen LogP contribution is -2.42. The molecular weight excluding hydrogens is 543 g/mol. The number of aryl methyl sites for hydroxylation is 1. The van der Waals surface area contributed by atoms with Crippen molar-refractivity contribution in [2.45, 2.75) is 56.1 Å². The van der Waals surface area contributed by atoms with Crippen LogP contribution in [0.1, 0.15) is 59.2 Å². The van der Waals surface area contributed by atoms with E-state index in [0.29, 0.717) is 11.1 Å². The molecule has 0 aromatic heterocycles. The zero-order valence-corrected chi connectivity index (χ0v) is 21.6. The van der Waals surface area contributed by atoms with E-state index in [1.165, 1.54) is 24.5 Å². The Morgan fingerprint density at radius 2 is 1.78 bits per heavy atom. The van der Waals surface area contributed by atoms with Gasteiger partial charge in [0.05, 0.1) is 25.5 Å². The molecule has 0 spiro atoms. The Morgan fingerprint density at radius 1 is 1.17 bits per heavy atom. The first-order valence-corrected chi connectivity index (χ1v) is 13.8. The lowest BCUT2D eigenvalue weighted by Gasteiger charge is -2.29. The van der Waals surface area contributed by atoms with E-state index in [4.69, 9.17) is 28.0 Å². The molecule has 2 aromatic carbocycles. The highest BCUT2D eigenvalue weighted by Crippen LogP contribution is 2.50. The van der Waals surface area contributed by atoms with Crippen molar-refractivity contribution in [3.05, 3.63) is 68.4 Å². The zero-order valence-electron chi connectivity index (χ0n) is 19.3. The second kappa shape index (κ2) is 9.61. The van der Waals surface area contributed by atoms with Crippen molar-refractivity contribution < 1.29 is 31.4 Å². The largest absolute Gasteiger partial charge is 0.435 e. The topological polar surface area (TPSA) is 68.1 Å². The number of hydrogen-bond acceptors (Lipinski definition) is 4. The second-order valence-corrected chi connectivity index (χ2v) is 12.5. The molecule has 0 N–H and O–H groups in total. The molecule has 2 aromatic rings. The van der Waals surface area contributed by atoms with E-state index in [1.54, 1.807) is 6.92 Å². The molecule has 4 rings (SSSR count). The average molecular weight is 565 g/mol. The Labute approximate surface area is 216 Å². The maximum absolute atomic E-state index is 14.2. The summed E-state index contributed by atoms with van der Waals surface area (Å²) in [7, 11) is -2.71. The minimum Gasteiger partial charge on any atom is -0.374 e. The summed E-state index contributed by atoms with van der Waals surface area (Å²) in [5, 5.41) is 2.39. The predicted molar refractivity (Wildman–Crippen MR) is 131 cm³/mol. The van der Waals surface area contributed by atoms with E-state index in [-0.39, 0.29) is 16.5 Å². The van der Waals surface area contributed by atoms with Crippen molar-refractivity contribution >= 4 is 44.5 Å². The molecule has 1 aliphatic heterocycles. The van der Waals surface area contributed by atoms with Gasteiger partial charge in [-0.25, -0.2) is 8.60 Å². The second-order valence-electron chi connectivity index (χ2n) is 9.08. The van der Waals surface area contributed by atoms with Crippen LogP contribution in [0.25, 0.3) is 0 Å². The summed E-state index contributed by atoms with van der Waals surface area (Å²) < 4.78 is 73.5. The summed E-state index contributed by atoms with van der Waals surface area (Å²) in [5.41, 5.74) is -2.52. The molecule has 1 saturated carbocycles. The Bertz CT molecular complexity index is 1360. The molecule has 1 aliphatic carbocycles. The van der Waals surface area contributed by atoms with Gasteiger partial charge in [-0.3, -0.25) is 4.79 Å². The lowest BCUT2D eigenvalue weighted by molar-refractivity contribution is -0.275. The Balaban J connectivity index is 1.64. The van der Waals surface area contributed by atoms with E-state index in [9.17, 15) is 26.6 Å². The Kier molecular flexibility index (Phi) is 7.18. The minimum absolute atomic E-state index is 0.0341. The number of carbonyl (C=O) groups is 1. The maximum atomic E-state index is 14.2. The van der Waals surface area contributed by atoms with Crippen LogP contribution in [0.4, 0.5) is 17.6 Å². The molecule has 5 nitrogen and oxygen atoms in total. The fourth-order valence-electron chi connectivity index (χ4n) is 4.54. The van der Waals surface area contributed by atoms with Crippen LogP contribution in [0.15, 0.2) is 39.9 Å². The highest BCUT2D eigenvalue weighted by Gasteiger charge is 2.62. The van der Waals surface area contributed by atoms with Gasteiger partial charge in [-0.1, -0.05) is 47.3 Å². The van der Waals surface area contributed by atoms with Gasteiger partial charge in [0.15, 0.2) is 5.82 Å². The smallest absolute Gasteiger partial charge is 0.374 e. The van der Waals surface area contributed by atoms with Crippen molar-refractivity contribution in [3.63, 3.8) is 0 Å². The molecule has 12 heteroatoms. The van der Waals surface area contributed by atoms with Gasteiger partial charge in [0.1, 0.15) is 0 Å². The summed E-state index contributed by atoms with van der Waals surface area (Å²) in [5.74, 6) is -1.67. The zero-order chi connectivity index (χ0) is 26.5. The Morgan fingerprint density at radius 3 is 2.33 bits per heavy atom. The number of halogens is 6. The molecule has 1 fully saturated rings. The molecule has 2 aliphatic rings. The van der Waals surface area contributed by atoms with Crippen LogP contribution in [0.3, 0.4) is 0 Å². The maximum Gasteiger partial charge on any atom is 0.435 e. The number of hydrogen-bond donors (Lipinski definition) is 0. The predicted octanol–water partition coefficient (Wildman–Crippen LogP) is 7.20. The number of nitrogens with zero attached hydrogens (tertiary/aromatic N) is 2. The number of amides is 1. The number of benzene rings is 2. The van der Waals surface area contributed by atoms with Gasteiger partial charge in [-0.15, -0.1) is 0 Å². The fourth-order valence-corrected chi connectivity index (χ4v) is 6.82. The Hall–Kier alpha value is -2.17. The van der Waals surface area contributed by atoms with Gasteiger partial charge < -0.3 is 4.84 Å². The van der Waals surface area contributed by atoms with Crippen LogP contribution in [0.2, 0.25) is 10.0 Å². The fraction of sp³-hybridized carbons (Fsp3) is 0.417. The number of carbonyl (C=O) groups excluding carboxylic acids is 1. The number of alkyl halides is 3. The highest BCUT2D eigenvalue weighted by molar-refractivity contribution is 7.93. The SMILES string of the molecule is Cc1cc(C2=NOC(c3cc(Cl)c(F)c(Cl)c3)(C(F)(F)F)C2)ccc1C(=O)N=S(C)(=O)C1CCCC1. The van der Waals surface area contributed by atoms with Gasteiger partial charge in [-0.05, 0) is 55.2 Å². The molecular formula is C24H22Cl2F4N2O3S. The van der Waals surface area contributed by atoms with Crippen molar-refractivity contribution in [2.24, 2.45) is 9.52 Å². The lowest BCUT2D eigenvalue weighted by atomic mass is 9.86. The molecule has 1 amide bonds. The molecule has 0 saturated heterocycles. The quantitative estimate of drug-likeness (QED) is 0.291.